The molecule has 1 N–H and O–H groups in total. The molecule has 0 spiro atoms. The number of halogens is 1. The first-order valence-electron chi connectivity index (χ1n) is 7.85. The molecule has 24 heavy (non-hydrogen) atoms. The fourth-order valence-corrected chi connectivity index (χ4v) is 3.40. The van der Waals surface area contributed by atoms with Crippen LogP contribution < -0.4 is 5.32 Å². The van der Waals surface area contributed by atoms with Gasteiger partial charge in [-0.1, -0.05) is 17.7 Å². The molecule has 122 valence electrons. The maximum atomic E-state index is 12.8. The Kier molecular flexibility index (Phi) is 3.69. The van der Waals surface area contributed by atoms with Gasteiger partial charge in [-0.05, 0) is 31.5 Å². The summed E-state index contributed by atoms with van der Waals surface area (Å²) in [6.45, 7) is 2.61. The van der Waals surface area contributed by atoms with E-state index in [2.05, 4.69) is 25.1 Å². The molecule has 7 heteroatoms. The van der Waals surface area contributed by atoms with Crippen LogP contribution in [0.3, 0.4) is 0 Å². The molecule has 0 aliphatic carbocycles. The topological polar surface area (TPSA) is 72.7 Å². The van der Waals surface area contributed by atoms with Crippen LogP contribution in [-0.4, -0.2) is 31.7 Å². The average Bonchev–Trinajstić information content (AvgIpc) is 2.95. The van der Waals surface area contributed by atoms with Crippen molar-refractivity contribution in [2.45, 2.75) is 32.4 Å². The summed E-state index contributed by atoms with van der Waals surface area (Å²) in [5, 5.41) is 12.7. The number of carbonyl (C=O) groups excluding carboxylic acids is 1. The zero-order chi connectivity index (χ0) is 16.7. The Balaban J connectivity index is 1.60. The van der Waals surface area contributed by atoms with Crippen LogP contribution in [0.5, 0.6) is 0 Å². The number of aryl methyl sites for hydroxylation is 2. The van der Waals surface area contributed by atoms with E-state index < -0.39 is 0 Å². The predicted molar refractivity (Wildman–Crippen MR) is 91.1 cm³/mol. The molecule has 2 aromatic heterocycles. The molecule has 3 aromatic rings. The SMILES string of the molecule is Cc1nnc2n1C[C@@H](NC(=O)c1cc(Cl)cc3cccnc13)CC2. The monoisotopic (exact) mass is 341 g/mol. The summed E-state index contributed by atoms with van der Waals surface area (Å²) in [5.74, 6) is 1.70. The summed E-state index contributed by atoms with van der Waals surface area (Å²) in [6, 6.07) is 7.26. The number of nitrogens with zero attached hydrogens (tertiary/aromatic N) is 4. The number of amides is 1. The Morgan fingerprint density at radius 1 is 1.38 bits per heavy atom. The smallest absolute Gasteiger partial charge is 0.253 e. The molecule has 3 heterocycles. The number of carbonyl (C=O) groups is 1. The third-order valence-corrected chi connectivity index (χ3v) is 4.60. The van der Waals surface area contributed by atoms with Crippen LogP contribution in [0.2, 0.25) is 5.02 Å². The molecular weight excluding hydrogens is 326 g/mol. The van der Waals surface area contributed by atoms with Crippen molar-refractivity contribution >= 4 is 28.4 Å². The lowest BCUT2D eigenvalue weighted by Crippen LogP contribution is -2.41. The minimum atomic E-state index is -0.152. The average molecular weight is 342 g/mol. The largest absolute Gasteiger partial charge is 0.347 e. The predicted octanol–water partition coefficient (Wildman–Crippen LogP) is 2.53. The van der Waals surface area contributed by atoms with Gasteiger partial charge in [0.05, 0.1) is 11.1 Å². The highest BCUT2D eigenvalue weighted by Crippen LogP contribution is 2.23. The van der Waals surface area contributed by atoms with Gasteiger partial charge in [0.1, 0.15) is 11.6 Å². The number of hydrogen-bond donors (Lipinski definition) is 1. The molecule has 1 aliphatic heterocycles. The fourth-order valence-electron chi connectivity index (χ4n) is 3.17. The van der Waals surface area contributed by atoms with Gasteiger partial charge in [-0.2, -0.15) is 0 Å². The molecule has 0 bridgehead atoms. The minimum absolute atomic E-state index is 0.0393. The summed E-state index contributed by atoms with van der Waals surface area (Å²) >= 11 is 6.16. The highest BCUT2D eigenvalue weighted by molar-refractivity contribution is 6.32. The highest BCUT2D eigenvalue weighted by atomic mass is 35.5. The van der Waals surface area contributed by atoms with Crippen molar-refractivity contribution < 1.29 is 4.79 Å². The summed E-state index contributed by atoms with van der Waals surface area (Å²) in [4.78, 5) is 17.1. The van der Waals surface area contributed by atoms with Crippen LogP contribution in [0.4, 0.5) is 0 Å². The number of hydrogen-bond acceptors (Lipinski definition) is 4. The summed E-state index contributed by atoms with van der Waals surface area (Å²) in [5.41, 5.74) is 1.17. The first kappa shape index (κ1) is 15.1. The highest BCUT2D eigenvalue weighted by Gasteiger charge is 2.24. The third-order valence-electron chi connectivity index (χ3n) is 4.38. The van der Waals surface area contributed by atoms with Crippen molar-refractivity contribution in [3.63, 3.8) is 0 Å². The molecule has 1 aliphatic rings. The summed E-state index contributed by atoms with van der Waals surface area (Å²) in [6.07, 6.45) is 3.33. The van der Waals surface area contributed by atoms with Crippen molar-refractivity contribution in [2.75, 3.05) is 0 Å². The minimum Gasteiger partial charge on any atom is -0.347 e. The van der Waals surface area contributed by atoms with E-state index in [1.165, 1.54) is 0 Å². The molecule has 0 radical (unpaired) electrons. The quantitative estimate of drug-likeness (QED) is 0.777. The molecule has 6 nitrogen and oxygen atoms in total. The first-order valence-corrected chi connectivity index (χ1v) is 8.23. The van der Waals surface area contributed by atoms with E-state index >= 15 is 0 Å². The van der Waals surface area contributed by atoms with Crippen LogP contribution in [-0.2, 0) is 13.0 Å². The van der Waals surface area contributed by atoms with Gasteiger partial charge in [0, 0.05) is 35.6 Å². The number of nitrogens with one attached hydrogen (secondary N) is 1. The second kappa shape index (κ2) is 5.87. The van der Waals surface area contributed by atoms with E-state index in [4.69, 9.17) is 11.6 Å². The van der Waals surface area contributed by atoms with Gasteiger partial charge in [0.15, 0.2) is 0 Å². The van der Waals surface area contributed by atoms with E-state index in [0.717, 1.165) is 29.9 Å². The van der Waals surface area contributed by atoms with Gasteiger partial charge in [-0.25, -0.2) is 0 Å². The Hall–Kier alpha value is -2.47. The Morgan fingerprint density at radius 2 is 2.25 bits per heavy atom. The maximum absolute atomic E-state index is 12.8. The first-order chi connectivity index (χ1) is 11.6. The van der Waals surface area contributed by atoms with Crippen molar-refractivity contribution in [1.82, 2.24) is 25.1 Å². The van der Waals surface area contributed by atoms with Gasteiger partial charge in [-0.3, -0.25) is 9.78 Å². The number of aromatic nitrogens is 4. The van der Waals surface area contributed by atoms with Crippen molar-refractivity contribution in [3.8, 4) is 0 Å². The van der Waals surface area contributed by atoms with Crippen LogP contribution in [0, 0.1) is 6.92 Å². The molecule has 0 saturated heterocycles. The van der Waals surface area contributed by atoms with E-state index in [1.807, 2.05) is 25.1 Å². The van der Waals surface area contributed by atoms with Gasteiger partial charge < -0.3 is 9.88 Å². The van der Waals surface area contributed by atoms with Crippen LogP contribution >= 0.6 is 11.6 Å². The zero-order valence-corrected chi connectivity index (χ0v) is 13.9. The second-order valence-corrected chi connectivity index (χ2v) is 6.45. The van der Waals surface area contributed by atoms with E-state index in [-0.39, 0.29) is 11.9 Å². The molecular formula is C17H16ClN5O. The van der Waals surface area contributed by atoms with Gasteiger partial charge >= 0.3 is 0 Å². The van der Waals surface area contributed by atoms with Crippen LogP contribution in [0.15, 0.2) is 30.5 Å². The molecule has 0 saturated carbocycles. The van der Waals surface area contributed by atoms with Crippen LogP contribution in [0.25, 0.3) is 10.9 Å². The Labute approximate surface area is 143 Å². The fraction of sp³-hybridized carbons (Fsp3) is 0.294. The lowest BCUT2D eigenvalue weighted by molar-refractivity contribution is 0.0929. The number of rotatable bonds is 2. The Bertz CT molecular complexity index is 936. The van der Waals surface area contributed by atoms with Gasteiger partial charge in [0.2, 0.25) is 0 Å². The molecule has 1 atom stereocenters. The molecule has 0 fully saturated rings. The maximum Gasteiger partial charge on any atom is 0.253 e. The summed E-state index contributed by atoms with van der Waals surface area (Å²) < 4.78 is 2.06. The van der Waals surface area contributed by atoms with Crippen molar-refractivity contribution in [1.29, 1.82) is 0 Å². The van der Waals surface area contributed by atoms with Crippen molar-refractivity contribution in [3.05, 3.63) is 52.7 Å². The Morgan fingerprint density at radius 3 is 3.12 bits per heavy atom. The standard InChI is InChI=1S/C17H16ClN5O/c1-10-21-22-15-5-4-13(9-23(10)15)20-17(24)14-8-12(18)7-11-3-2-6-19-16(11)14/h2-3,6-8,13H,4-5,9H2,1H3,(H,20,24)/t13-/m0/s1. The normalized spacial score (nSPS) is 16.8. The van der Waals surface area contributed by atoms with Crippen molar-refractivity contribution in [2.24, 2.45) is 0 Å². The lowest BCUT2D eigenvalue weighted by atomic mass is 10.0. The lowest BCUT2D eigenvalue weighted by Gasteiger charge is -2.25. The molecule has 1 aromatic carbocycles. The molecule has 1 amide bonds. The van der Waals surface area contributed by atoms with Gasteiger partial charge in [0.25, 0.3) is 5.91 Å². The van der Waals surface area contributed by atoms with Crippen LogP contribution in [0.1, 0.15) is 28.4 Å². The molecule has 4 rings (SSSR count). The third kappa shape index (κ3) is 2.63. The van der Waals surface area contributed by atoms with E-state index in [0.29, 0.717) is 22.6 Å². The summed E-state index contributed by atoms with van der Waals surface area (Å²) in [7, 11) is 0. The van der Waals surface area contributed by atoms with E-state index in [9.17, 15) is 4.79 Å². The molecule has 0 unspecified atom stereocenters. The number of fused-ring (bicyclic) bond motifs is 2. The number of pyridine rings is 1. The van der Waals surface area contributed by atoms with Gasteiger partial charge in [-0.15, -0.1) is 10.2 Å². The zero-order valence-electron chi connectivity index (χ0n) is 13.2. The second-order valence-electron chi connectivity index (χ2n) is 6.01. The van der Waals surface area contributed by atoms with E-state index in [1.54, 1.807) is 12.3 Å². The number of benzene rings is 1.